The minimum atomic E-state index is -0.479. The molecular weight excluding hydrogens is 206 g/mol. The van der Waals surface area contributed by atoms with Gasteiger partial charge in [0.2, 0.25) is 5.91 Å². The first-order chi connectivity index (χ1) is 7.65. The van der Waals surface area contributed by atoms with E-state index in [2.05, 4.69) is 5.32 Å². The summed E-state index contributed by atoms with van der Waals surface area (Å²) in [5, 5.41) is 3.11. The standard InChI is InChI=1S/C11H17N3O2/c1-2-16-6-5-14-10-4-3-8(11(13)15)7-9(10)12/h3-4,7,14H,2,5-6,12H2,1H3,(H2,13,15). The first-order valence-electron chi connectivity index (χ1n) is 5.16. The smallest absolute Gasteiger partial charge is 0.248 e. The van der Waals surface area contributed by atoms with Gasteiger partial charge in [-0.15, -0.1) is 0 Å². The number of nitrogens with two attached hydrogens (primary N) is 2. The zero-order valence-electron chi connectivity index (χ0n) is 9.32. The van der Waals surface area contributed by atoms with Gasteiger partial charge in [-0.25, -0.2) is 0 Å². The highest BCUT2D eigenvalue weighted by atomic mass is 16.5. The molecular formula is C11H17N3O2. The summed E-state index contributed by atoms with van der Waals surface area (Å²) in [6, 6.07) is 4.94. The summed E-state index contributed by atoms with van der Waals surface area (Å²) in [4.78, 5) is 10.9. The van der Waals surface area contributed by atoms with Gasteiger partial charge in [0.25, 0.3) is 0 Å². The predicted molar refractivity (Wildman–Crippen MR) is 64.4 cm³/mol. The maximum Gasteiger partial charge on any atom is 0.248 e. The zero-order chi connectivity index (χ0) is 12.0. The molecule has 0 radical (unpaired) electrons. The van der Waals surface area contributed by atoms with Crippen LogP contribution >= 0.6 is 0 Å². The summed E-state index contributed by atoms with van der Waals surface area (Å²) in [6.45, 7) is 3.93. The molecule has 5 nitrogen and oxygen atoms in total. The lowest BCUT2D eigenvalue weighted by atomic mass is 10.1. The number of hydrogen-bond donors (Lipinski definition) is 3. The molecule has 5 N–H and O–H groups in total. The zero-order valence-corrected chi connectivity index (χ0v) is 9.32. The molecule has 0 spiro atoms. The number of ether oxygens (including phenoxy) is 1. The van der Waals surface area contributed by atoms with Crippen molar-refractivity contribution in [2.75, 3.05) is 30.8 Å². The fraction of sp³-hybridized carbons (Fsp3) is 0.364. The Balaban J connectivity index is 2.57. The van der Waals surface area contributed by atoms with Gasteiger partial charge in [-0.1, -0.05) is 0 Å². The first-order valence-corrected chi connectivity index (χ1v) is 5.16. The largest absolute Gasteiger partial charge is 0.397 e. The van der Waals surface area contributed by atoms with E-state index in [-0.39, 0.29) is 0 Å². The van der Waals surface area contributed by atoms with Gasteiger partial charge in [0.1, 0.15) is 0 Å². The highest BCUT2D eigenvalue weighted by molar-refractivity contribution is 5.94. The second-order valence-electron chi connectivity index (χ2n) is 3.29. The molecule has 0 fully saturated rings. The van der Waals surface area contributed by atoms with Crippen LogP contribution in [0.25, 0.3) is 0 Å². The summed E-state index contributed by atoms with van der Waals surface area (Å²) in [6.07, 6.45) is 0. The molecule has 0 bridgehead atoms. The highest BCUT2D eigenvalue weighted by Crippen LogP contribution is 2.19. The number of anilines is 2. The average molecular weight is 223 g/mol. The van der Waals surface area contributed by atoms with Crippen LogP contribution in [0.3, 0.4) is 0 Å². The predicted octanol–water partition coefficient (Wildman–Crippen LogP) is 0.816. The van der Waals surface area contributed by atoms with E-state index in [1.807, 2.05) is 6.92 Å². The maximum atomic E-state index is 10.9. The molecule has 0 unspecified atom stereocenters. The fourth-order valence-corrected chi connectivity index (χ4v) is 1.28. The number of primary amides is 1. The number of nitrogens with one attached hydrogen (secondary N) is 1. The second-order valence-corrected chi connectivity index (χ2v) is 3.29. The van der Waals surface area contributed by atoms with Crippen LogP contribution in [0.15, 0.2) is 18.2 Å². The molecule has 88 valence electrons. The molecule has 1 aromatic rings. The van der Waals surface area contributed by atoms with Gasteiger partial charge in [0, 0.05) is 18.7 Å². The molecule has 0 atom stereocenters. The van der Waals surface area contributed by atoms with Crippen LogP contribution in [-0.2, 0) is 4.74 Å². The topological polar surface area (TPSA) is 90.4 Å². The second kappa shape index (κ2) is 5.97. The van der Waals surface area contributed by atoms with Gasteiger partial charge in [-0.3, -0.25) is 4.79 Å². The minimum Gasteiger partial charge on any atom is -0.397 e. The Labute approximate surface area is 94.8 Å². The number of benzene rings is 1. The van der Waals surface area contributed by atoms with E-state index < -0.39 is 5.91 Å². The van der Waals surface area contributed by atoms with E-state index in [4.69, 9.17) is 16.2 Å². The van der Waals surface area contributed by atoms with E-state index in [9.17, 15) is 4.79 Å². The van der Waals surface area contributed by atoms with E-state index >= 15 is 0 Å². The molecule has 0 aliphatic heterocycles. The Morgan fingerprint density at radius 3 is 2.81 bits per heavy atom. The molecule has 0 aliphatic rings. The van der Waals surface area contributed by atoms with Gasteiger partial charge in [-0.05, 0) is 25.1 Å². The maximum absolute atomic E-state index is 10.9. The Kier molecular flexibility index (Phi) is 4.60. The average Bonchev–Trinajstić information content (AvgIpc) is 2.26. The van der Waals surface area contributed by atoms with Crippen LogP contribution in [0.4, 0.5) is 11.4 Å². The van der Waals surface area contributed by atoms with E-state index in [1.165, 1.54) is 0 Å². The number of carbonyl (C=O) groups is 1. The van der Waals surface area contributed by atoms with Crippen molar-refractivity contribution in [1.29, 1.82) is 0 Å². The van der Waals surface area contributed by atoms with Gasteiger partial charge >= 0.3 is 0 Å². The number of amides is 1. The molecule has 16 heavy (non-hydrogen) atoms. The summed E-state index contributed by atoms with van der Waals surface area (Å²) in [5.41, 5.74) is 12.6. The molecule has 0 saturated carbocycles. The van der Waals surface area contributed by atoms with Crippen LogP contribution < -0.4 is 16.8 Å². The molecule has 0 aromatic heterocycles. The SMILES string of the molecule is CCOCCNc1ccc(C(N)=O)cc1N. The van der Waals surface area contributed by atoms with E-state index in [0.717, 1.165) is 5.69 Å². The van der Waals surface area contributed by atoms with E-state index in [1.54, 1.807) is 18.2 Å². The van der Waals surface area contributed by atoms with Gasteiger partial charge < -0.3 is 21.5 Å². The quantitative estimate of drug-likeness (QED) is 0.492. The Morgan fingerprint density at radius 2 is 2.25 bits per heavy atom. The van der Waals surface area contributed by atoms with Crippen molar-refractivity contribution in [3.05, 3.63) is 23.8 Å². The Bertz CT molecular complexity index is 366. The fourth-order valence-electron chi connectivity index (χ4n) is 1.28. The lowest BCUT2D eigenvalue weighted by Crippen LogP contribution is -2.13. The monoisotopic (exact) mass is 223 g/mol. The number of hydrogen-bond acceptors (Lipinski definition) is 4. The third-order valence-electron chi connectivity index (χ3n) is 2.10. The van der Waals surface area contributed by atoms with Crippen molar-refractivity contribution < 1.29 is 9.53 Å². The lowest BCUT2D eigenvalue weighted by Gasteiger charge is -2.09. The first kappa shape index (κ1) is 12.3. The molecule has 1 amide bonds. The van der Waals surface area contributed by atoms with Crippen LogP contribution in [0.2, 0.25) is 0 Å². The Morgan fingerprint density at radius 1 is 1.50 bits per heavy atom. The summed E-state index contributed by atoms with van der Waals surface area (Å²) < 4.78 is 5.18. The van der Waals surface area contributed by atoms with Crippen molar-refractivity contribution in [3.63, 3.8) is 0 Å². The van der Waals surface area contributed by atoms with Crippen molar-refractivity contribution in [2.24, 2.45) is 5.73 Å². The highest BCUT2D eigenvalue weighted by Gasteiger charge is 2.03. The minimum absolute atomic E-state index is 0.410. The molecule has 0 heterocycles. The van der Waals surface area contributed by atoms with Crippen LogP contribution in [0.1, 0.15) is 17.3 Å². The Hall–Kier alpha value is -1.75. The molecule has 0 saturated heterocycles. The molecule has 1 aromatic carbocycles. The number of rotatable bonds is 6. The van der Waals surface area contributed by atoms with E-state index in [0.29, 0.717) is 31.0 Å². The number of carbonyl (C=O) groups excluding carboxylic acids is 1. The molecule has 1 rings (SSSR count). The van der Waals surface area contributed by atoms with Crippen LogP contribution in [0, 0.1) is 0 Å². The molecule has 5 heteroatoms. The summed E-state index contributed by atoms with van der Waals surface area (Å²) in [5.74, 6) is -0.479. The summed E-state index contributed by atoms with van der Waals surface area (Å²) >= 11 is 0. The normalized spacial score (nSPS) is 10.1. The van der Waals surface area contributed by atoms with Crippen LogP contribution in [0.5, 0.6) is 0 Å². The van der Waals surface area contributed by atoms with Crippen molar-refractivity contribution in [3.8, 4) is 0 Å². The van der Waals surface area contributed by atoms with Crippen molar-refractivity contribution in [1.82, 2.24) is 0 Å². The van der Waals surface area contributed by atoms with Crippen LogP contribution in [-0.4, -0.2) is 25.7 Å². The summed E-state index contributed by atoms with van der Waals surface area (Å²) in [7, 11) is 0. The number of nitrogen functional groups attached to an aromatic ring is 1. The van der Waals surface area contributed by atoms with Gasteiger partial charge in [0.05, 0.1) is 18.0 Å². The third-order valence-corrected chi connectivity index (χ3v) is 2.10. The third kappa shape index (κ3) is 3.43. The van der Waals surface area contributed by atoms with Gasteiger partial charge in [-0.2, -0.15) is 0 Å². The lowest BCUT2D eigenvalue weighted by molar-refractivity contribution is 0.100. The van der Waals surface area contributed by atoms with Crippen molar-refractivity contribution in [2.45, 2.75) is 6.92 Å². The van der Waals surface area contributed by atoms with Gasteiger partial charge in [0.15, 0.2) is 0 Å². The molecule has 0 aliphatic carbocycles. The van der Waals surface area contributed by atoms with Crippen molar-refractivity contribution >= 4 is 17.3 Å².